The number of benzene rings is 1. The van der Waals surface area contributed by atoms with E-state index in [2.05, 4.69) is 12.2 Å². The van der Waals surface area contributed by atoms with Crippen molar-refractivity contribution in [2.75, 3.05) is 31.6 Å². The first-order valence-corrected chi connectivity index (χ1v) is 8.88. The molecule has 1 saturated heterocycles. The van der Waals surface area contributed by atoms with Crippen molar-refractivity contribution >= 4 is 23.4 Å². The Kier molecular flexibility index (Phi) is 6.56. The van der Waals surface area contributed by atoms with Gasteiger partial charge in [0, 0.05) is 32.2 Å². The van der Waals surface area contributed by atoms with E-state index in [1.165, 1.54) is 5.56 Å². The number of aryl methyl sites for hydroxylation is 1. The van der Waals surface area contributed by atoms with Crippen LogP contribution in [0.1, 0.15) is 32.3 Å². The number of nitrogens with zero attached hydrogens (tertiary/aromatic N) is 2. The summed E-state index contributed by atoms with van der Waals surface area (Å²) in [6, 6.07) is 7.87. The van der Waals surface area contributed by atoms with Gasteiger partial charge in [-0.25, -0.2) is 0 Å². The van der Waals surface area contributed by atoms with Gasteiger partial charge in [0.2, 0.25) is 17.7 Å². The summed E-state index contributed by atoms with van der Waals surface area (Å²) < 4.78 is 0. The molecular weight excluding hydrogens is 318 g/mol. The molecule has 6 nitrogen and oxygen atoms in total. The van der Waals surface area contributed by atoms with Crippen molar-refractivity contribution in [3.05, 3.63) is 29.8 Å². The smallest absolute Gasteiger partial charge is 0.239 e. The number of rotatable bonds is 7. The molecule has 25 heavy (non-hydrogen) atoms. The maximum atomic E-state index is 12.8. The van der Waals surface area contributed by atoms with Gasteiger partial charge in [0.05, 0.1) is 12.5 Å². The molecule has 0 spiro atoms. The zero-order valence-electron chi connectivity index (χ0n) is 15.2. The first kappa shape index (κ1) is 19.0. The van der Waals surface area contributed by atoms with Gasteiger partial charge in [0.1, 0.15) is 0 Å². The van der Waals surface area contributed by atoms with E-state index < -0.39 is 5.92 Å². The summed E-state index contributed by atoms with van der Waals surface area (Å²) in [5.41, 5.74) is 2.04. The van der Waals surface area contributed by atoms with E-state index in [-0.39, 0.29) is 30.7 Å². The summed E-state index contributed by atoms with van der Waals surface area (Å²) in [5.74, 6) is -0.752. The molecule has 0 radical (unpaired) electrons. The highest BCUT2D eigenvalue weighted by Gasteiger charge is 2.37. The summed E-state index contributed by atoms with van der Waals surface area (Å²) in [6.45, 7) is 4.98. The minimum absolute atomic E-state index is 0.0407. The molecule has 0 bridgehead atoms. The Morgan fingerprint density at radius 3 is 2.48 bits per heavy atom. The van der Waals surface area contributed by atoms with Crippen LogP contribution in [0.4, 0.5) is 5.69 Å². The first-order chi connectivity index (χ1) is 12.0. The van der Waals surface area contributed by atoms with Crippen molar-refractivity contribution in [3.8, 4) is 0 Å². The standard InChI is InChI=1S/C19H27N3O3/c1-4-10-21(13-17(23)20-3)19(25)15-11-18(24)22(12-15)16-8-6-14(5-2)7-9-16/h6-9,15H,4-5,10-13H2,1-3H3,(H,20,23). The zero-order chi connectivity index (χ0) is 18.4. The largest absolute Gasteiger partial charge is 0.358 e. The lowest BCUT2D eigenvalue weighted by Crippen LogP contribution is -2.43. The molecule has 1 heterocycles. The van der Waals surface area contributed by atoms with E-state index in [1.807, 2.05) is 31.2 Å². The van der Waals surface area contributed by atoms with Crippen molar-refractivity contribution < 1.29 is 14.4 Å². The number of hydrogen-bond donors (Lipinski definition) is 1. The summed E-state index contributed by atoms with van der Waals surface area (Å²) in [6.07, 6.45) is 1.91. The monoisotopic (exact) mass is 345 g/mol. The number of hydrogen-bond acceptors (Lipinski definition) is 3. The molecule has 136 valence electrons. The molecular formula is C19H27N3O3. The highest BCUT2D eigenvalue weighted by Crippen LogP contribution is 2.26. The maximum Gasteiger partial charge on any atom is 0.239 e. The van der Waals surface area contributed by atoms with Crippen molar-refractivity contribution in [1.82, 2.24) is 10.2 Å². The predicted octanol–water partition coefficient (Wildman–Crippen LogP) is 1.59. The van der Waals surface area contributed by atoms with Gasteiger partial charge in [-0.1, -0.05) is 26.0 Å². The minimum Gasteiger partial charge on any atom is -0.358 e. The van der Waals surface area contributed by atoms with Crippen LogP contribution in [-0.2, 0) is 20.8 Å². The quantitative estimate of drug-likeness (QED) is 0.816. The van der Waals surface area contributed by atoms with E-state index in [9.17, 15) is 14.4 Å². The summed E-state index contributed by atoms with van der Waals surface area (Å²) in [4.78, 5) is 40.0. The Morgan fingerprint density at radius 2 is 1.92 bits per heavy atom. The Morgan fingerprint density at radius 1 is 1.24 bits per heavy atom. The highest BCUT2D eigenvalue weighted by molar-refractivity contribution is 6.00. The van der Waals surface area contributed by atoms with Gasteiger partial charge in [-0.2, -0.15) is 0 Å². The summed E-state index contributed by atoms with van der Waals surface area (Å²) in [7, 11) is 1.55. The number of nitrogens with one attached hydrogen (secondary N) is 1. The molecule has 1 atom stereocenters. The van der Waals surface area contributed by atoms with Crippen molar-refractivity contribution in [1.29, 1.82) is 0 Å². The predicted molar refractivity (Wildman–Crippen MR) is 97.2 cm³/mol. The Hall–Kier alpha value is -2.37. The summed E-state index contributed by atoms with van der Waals surface area (Å²) in [5, 5.41) is 2.54. The highest BCUT2D eigenvalue weighted by atomic mass is 16.2. The molecule has 0 aliphatic carbocycles. The number of anilines is 1. The fourth-order valence-corrected chi connectivity index (χ4v) is 3.08. The molecule has 1 unspecified atom stereocenters. The van der Waals surface area contributed by atoms with Crippen LogP contribution >= 0.6 is 0 Å². The molecule has 0 aromatic heterocycles. The SMILES string of the molecule is CCCN(CC(=O)NC)C(=O)C1CC(=O)N(c2ccc(CC)cc2)C1. The zero-order valence-corrected chi connectivity index (χ0v) is 15.2. The van der Waals surface area contributed by atoms with E-state index in [0.717, 1.165) is 18.5 Å². The molecule has 2 rings (SSSR count). The number of carbonyl (C=O) groups excluding carboxylic acids is 3. The van der Waals surface area contributed by atoms with Gasteiger partial charge in [0.25, 0.3) is 0 Å². The van der Waals surface area contributed by atoms with Crippen molar-refractivity contribution in [2.45, 2.75) is 33.1 Å². The molecule has 1 N–H and O–H groups in total. The molecule has 3 amide bonds. The second kappa shape index (κ2) is 8.65. The van der Waals surface area contributed by atoms with Crippen LogP contribution in [0.2, 0.25) is 0 Å². The van der Waals surface area contributed by atoms with Crippen LogP contribution < -0.4 is 10.2 Å². The maximum absolute atomic E-state index is 12.8. The van der Waals surface area contributed by atoms with Crippen molar-refractivity contribution in [2.24, 2.45) is 5.92 Å². The van der Waals surface area contributed by atoms with Gasteiger partial charge >= 0.3 is 0 Å². The van der Waals surface area contributed by atoms with Gasteiger partial charge in [0.15, 0.2) is 0 Å². The molecule has 0 saturated carbocycles. The van der Waals surface area contributed by atoms with Crippen LogP contribution in [0.15, 0.2) is 24.3 Å². The number of amides is 3. The molecule has 1 aliphatic heterocycles. The fourth-order valence-electron chi connectivity index (χ4n) is 3.08. The van der Waals surface area contributed by atoms with Gasteiger partial charge < -0.3 is 15.1 Å². The Balaban J connectivity index is 2.08. The number of carbonyl (C=O) groups is 3. The second-order valence-electron chi connectivity index (χ2n) is 6.36. The van der Waals surface area contributed by atoms with Gasteiger partial charge in [-0.15, -0.1) is 0 Å². The third-order valence-corrected chi connectivity index (χ3v) is 4.55. The molecule has 6 heteroatoms. The van der Waals surface area contributed by atoms with Crippen LogP contribution in [0.25, 0.3) is 0 Å². The van der Waals surface area contributed by atoms with Gasteiger partial charge in [-0.3, -0.25) is 14.4 Å². The fraction of sp³-hybridized carbons (Fsp3) is 0.526. The lowest BCUT2D eigenvalue weighted by molar-refractivity contribution is -0.139. The van der Waals surface area contributed by atoms with Crippen LogP contribution in [0.5, 0.6) is 0 Å². The lowest BCUT2D eigenvalue weighted by Gasteiger charge is -2.24. The van der Waals surface area contributed by atoms with Crippen LogP contribution in [0.3, 0.4) is 0 Å². The van der Waals surface area contributed by atoms with E-state index in [1.54, 1.807) is 16.8 Å². The summed E-state index contributed by atoms with van der Waals surface area (Å²) >= 11 is 0. The molecule has 1 fully saturated rings. The third kappa shape index (κ3) is 4.59. The van der Waals surface area contributed by atoms with Crippen molar-refractivity contribution in [3.63, 3.8) is 0 Å². The van der Waals surface area contributed by atoms with Crippen LogP contribution in [0, 0.1) is 5.92 Å². The van der Waals surface area contributed by atoms with E-state index in [0.29, 0.717) is 13.1 Å². The Bertz CT molecular complexity index is 627. The molecule has 1 aromatic carbocycles. The van der Waals surface area contributed by atoms with E-state index >= 15 is 0 Å². The Labute approximate surface area is 149 Å². The van der Waals surface area contributed by atoms with Gasteiger partial charge in [-0.05, 0) is 30.5 Å². The lowest BCUT2D eigenvalue weighted by atomic mass is 10.1. The van der Waals surface area contributed by atoms with Crippen LogP contribution in [-0.4, -0.2) is 49.3 Å². The minimum atomic E-state index is -0.394. The average Bonchev–Trinajstić information content (AvgIpc) is 3.02. The average molecular weight is 345 g/mol. The van der Waals surface area contributed by atoms with E-state index in [4.69, 9.17) is 0 Å². The first-order valence-electron chi connectivity index (χ1n) is 8.88. The topological polar surface area (TPSA) is 69.7 Å². The number of likely N-dealkylation sites (N-methyl/N-ethyl adjacent to an activating group) is 1. The second-order valence-corrected chi connectivity index (χ2v) is 6.36. The normalized spacial score (nSPS) is 16.8. The third-order valence-electron chi connectivity index (χ3n) is 4.55. The molecule has 1 aliphatic rings. The molecule has 1 aromatic rings.